The number of aromatic nitrogens is 1. The van der Waals surface area contributed by atoms with E-state index in [0.29, 0.717) is 24.5 Å². The van der Waals surface area contributed by atoms with Crippen LogP contribution in [0.25, 0.3) is 0 Å². The van der Waals surface area contributed by atoms with E-state index in [1.54, 1.807) is 4.90 Å². The van der Waals surface area contributed by atoms with E-state index in [1.165, 1.54) is 19.2 Å². The molecule has 0 aliphatic carbocycles. The first-order chi connectivity index (χ1) is 10.1. The van der Waals surface area contributed by atoms with E-state index in [-0.39, 0.29) is 17.9 Å². The first kappa shape index (κ1) is 14.5. The molecule has 21 heavy (non-hydrogen) atoms. The third-order valence-electron chi connectivity index (χ3n) is 4.48. The smallest absolute Gasteiger partial charge is 0.276 e. The average molecular weight is 293 g/mol. The molecule has 0 radical (unpaired) electrons. The van der Waals surface area contributed by atoms with Gasteiger partial charge in [-0.1, -0.05) is 13.8 Å². The average Bonchev–Trinajstić information content (AvgIpc) is 3.17. The van der Waals surface area contributed by atoms with Crippen LogP contribution in [0, 0.1) is 0 Å². The molecule has 1 aromatic rings. The molecule has 2 aliphatic heterocycles. The van der Waals surface area contributed by atoms with Crippen LogP contribution in [0.2, 0.25) is 0 Å². The Hall–Kier alpha value is -1.40. The molecule has 2 fully saturated rings. The number of carbonyl (C=O) groups excluding carboxylic acids is 1. The van der Waals surface area contributed by atoms with E-state index >= 15 is 0 Å². The van der Waals surface area contributed by atoms with Crippen molar-refractivity contribution in [3.63, 3.8) is 0 Å². The summed E-state index contributed by atoms with van der Waals surface area (Å²) in [6.45, 7) is 6.94. The topological polar surface area (TPSA) is 69.8 Å². The van der Waals surface area contributed by atoms with Gasteiger partial charge >= 0.3 is 0 Å². The Morgan fingerprint density at radius 2 is 2.10 bits per heavy atom. The fourth-order valence-corrected chi connectivity index (χ4v) is 3.34. The predicted molar refractivity (Wildman–Crippen MR) is 77.1 cm³/mol. The summed E-state index contributed by atoms with van der Waals surface area (Å²) in [5.41, 5.74) is 0.388. The summed E-state index contributed by atoms with van der Waals surface area (Å²) >= 11 is 0. The molecular weight excluding hydrogens is 270 g/mol. The van der Waals surface area contributed by atoms with E-state index in [1.807, 2.05) is 13.8 Å². The standard InChI is InChI=1S/C15H23N3O3/c1-10(2)14-13(16-9-21-14)15(20)18-7-11(12(19)8-18)17-5-3-4-6-17/h9-12,19H,3-8H2,1-2H3/t11-,12-/m0/s1. The zero-order valence-corrected chi connectivity index (χ0v) is 12.7. The Bertz CT molecular complexity index is 508. The molecule has 1 amide bonds. The molecule has 0 unspecified atom stereocenters. The second-order valence-electron chi connectivity index (χ2n) is 6.31. The van der Waals surface area contributed by atoms with E-state index in [2.05, 4.69) is 9.88 Å². The lowest BCUT2D eigenvalue weighted by atomic mass is 10.1. The number of hydrogen-bond acceptors (Lipinski definition) is 5. The molecule has 0 bridgehead atoms. The maximum absolute atomic E-state index is 12.6. The van der Waals surface area contributed by atoms with Gasteiger partial charge in [-0.15, -0.1) is 0 Å². The summed E-state index contributed by atoms with van der Waals surface area (Å²) in [6.07, 6.45) is 3.21. The highest BCUT2D eigenvalue weighted by Gasteiger charge is 2.39. The highest BCUT2D eigenvalue weighted by Crippen LogP contribution is 2.25. The van der Waals surface area contributed by atoms with Crippen molar-refractivity contribution in [2.75, 3.05) is 26.2 Å². The number of rotatable bonds is 3. The number of aliphatic hydroxyl groups excluding tert-OH is 1. The second-order valence-corrected chi connectivity index (χ2v) is 6.31. The van der Waals surface area contributed by atoms with Crippen molar-refractivity contribution in [2.24, 2.45) is 0 Å². The highest BCUT2D eigenvalue weighted by molar-refractivity contribution is 5.93. The summed E-state index contributed by atoms with van der Waals surface area (Å²) in [5.74, 6) is 0.612. The molecule has 116 valence electrons. The maximum Gasteiger partial charge on any atom is 0.276 e. The summed E-state index contributed by atoms with van der Waals surface area (Å²) < 4.78 is 5.33. The number of oxazole rings is 1. The van der Waals surface area contributed by atoms with Gasteiger partial charge < -0.3 is 14.4 Å². The van der Waals surface area contributed by atoms with Crippen LogP contribution >= 0.6 is 0 Å². The van der Waals surface area contributed by atoms with Crippen molar-refractivity contribution in [1.82, 2.24) is 14.8 Å². The van der Waals surface area contributed by atoms with E-state index in [0.717, 1.165) is 13.1 Å². The van der Waals surface area contributed by atoms with E-state index in [9.17, 15) is 9.90 Å². The summed E-state index contributed by atoms with van der Waals surface area (Å²) in [7, 11) is 0. The minimum absolute atomic E-state index is 0.0610. The van der Waals surface area contributed by atoms with Gasteiger partial charge in [-0.25, -0.2) is 4.98 Å². The fraction of sp³-hybridized carbons (Fsp3) is 0.733. The normalized spacial score (nSPS) is 27.0. The third-order valence-corrected chi connectivity index (χ3v) is 4.48. The first-order valence-corrected chi connectivity index (χ1v) is 7.72. The molecule has 2 aliphatic rings. The lowest BCUT2D eigenvalue weighted by molar-refractivity contribution is 0.0755. The van der Waals surface area contributed by atoms with E-state index < -0.39 is 6.10 Å². The van der Waals surface area contributed by atoms with Crippen LogP contribution in [0.5, 0.6) is 0 Å². The molecule has 0 spiro atoms. The maximum atomic E-state index is 12.6. The molecule has 6 heteroatoms. The molecule has 0 saturated carbocycles. The predicted octanol–water partition coefficient (Wildman–Crippen LogP) is 1.08. The number of carbonyl (C=O) groups is 1. The van der Waals surface area contributed by atoms with Crippen LogP contribution in [-0.4, -0.2) is 64.1 Å². The third kappa shape index (κ3) is 2.70. The fourth-order valence-electron chi connectivity index (χ4n) is 3.34. The molecule has 3 rings (SSSR count). The SMILES string of the molecule is CC(C)c1ocnc1C(=O)N1C[C@H](O)[C@@H](N2CCCC2)C1. The molecular formula is C15H23N3O3. The first-order valence-electron chi connectivity index (χ1n) is 7.72. The van der Waals surface area contributed by atoms with Gasteiger partial charge in [-0.05, 0) is 25.9 Å². The number of nitrogens with zero attached hydrogens (tertiary/aromatic N) is 3. The molecule has 1 N–H and O–H groups in total. The van der Waals surface area contributed by atoms with Gasteiger partial charge in [-0.2, -0.15) is 0 Å². The lowest BCUT2D eigenvalue weighted by Crippen LogP contribution is -2.41. The molecule has 0 aromatic carbocycles. The number of aliphatic hydroxyl groups is 1. The molecule has 6 nitrogen and oxygen atoms in total. The van der Waals surface area contributed by atoms with Crippen molar-refractivity contribution >= 4 is 5.91 Å². The van der Waals surface area contributed by atoms with E-state index in [4.69, 9.17) is 4.42 Å². The van der Waals surface area contributed by atoms with Crippen LogP contribution in [0.4, 0.5) is 0 Å². The molecule has 2 saturated heterocycles. The molecule has 1 aromatic heterocycles. The van der Waals surface area contributed by atoms with Crippen molar-refractivity contribution in [1.29, 1.82) is 0 Å². The lowest BCUT2D eigenvalue weighted by Gasteiger charge is -2.25. The van der Waals surface area contributed by atoms with Crippen molar-refractivity contribution in [2.45, 2.75) is 44.8 Å². The highest BCUT2D eigenvalue weighted by atomic mass is 16.3. The summed E-state index contributed by atoms with van der Waals surface area (Å²) in [6, 6.07) is 0.0610. The van der Waals surface area contributed by atoms with Crippen LogP contribution in [0.1, 0.15) is 48.9 Å². The second kappa shape index (κ2) is 5.77. The van der Waals surface area contributed by atoms with Crippen molar-refractivity contribution in [3.8, 4) is 0 Å². The van der Waals surface area contributed by atoms with Crippen LogP contribution in [-0.2, 0) is 0 Å². The van der Waals surface area contributed by atoms with Crippen LogP contribution < -0.4 is 0 Å². The Balaban J connectivity index is 1.72. The number of β-amino-alcohol motifs (C(OH)–C–C–N with tert-alkyl or cyclic N) is 1. The Morgan fingerprint density at radius 3 is 2.76 bits per heavy atom. The number of amides is 1. The Labute approximate surface area is 124 Å². The number of likely N-dealkylation sites (tertiary alicyclic amines) is 2. The zero-order chi connectivity index (χ0) is 15.0. The van der Waals surface area contributed by atoms with Crippen LogP contribution in [0.15, 0.2) is 10.8 Å². The van der Waals surface area contributed by atoms with Crippen molar-refractivity contribution in [3.05, 3.63) is 17.8 Å². The van der Waals surface area contributed by atoms with Gasteiger partial charge in [-0.3, -0.25) is 9.69 Å². The van der Waals surface area contributed by atoms with Gasteiger partial charge in [0.05, 0.1) is 12.1 Å². The Kier molecular flexibility index (Phi) is 3.99. The molecule has 3 heterocycles. The summed E-state index contributed by atoms with van der Waals surface area (Å²) in [4.78, 5) is 20.7. The minimum atomic E-state index is -0.471. The summed E-state index contributed by atoms with van der Waals surface area (Å²) in [5, 5.41) is 10.3. The monoisotopic (exact) mass is 293 g/mol. The van der Waals surface area contributed by atoms with Crippen LogP contribution in [0.3, 0.4) is 0 Å². The largest absolute Gasteiger partial charge is 0.447 e. The van der Waals surface area contributed by atoms with Gasteiger partial charge in [0.2, 0.25) is 0 Å². The van der Waals surface area contributed by atoms with Gasteiger partial charge in [0.1, 0.15) is 5.76 Å². The quantitative estimate of drug-likeness (QED) is 0.903. The Morgan fingerprint density at radius 1 is 1.38 bits per heavy atom. The molecule has 2 atom stereocenters. The van der Waals surface area contributed by atoms with Crippen molar-refractivity contribution < 1.29 is 14.3 Å². The van der Waals surface area contributed by atoms with Gasteiger partial charge in [0.15, 0.2) is 12.1 Å². The number of hydrogen-bond donors (Lipinski definition) is 1. The zero-order valence-electron chi connectivity index (χ0n) is 12.7. The van der Waals surface area contributed by atoms with Gasteiger partial charge in [0, 0.05) is 19.0 Å². The minimum Gasteiger partial charge on any atom is -0.447 e. The van der Waals surface area contributed by atoms with Gasteiger partial charge in [0.25, 0.3) is 5.91 Å².